The van der Waals surface area contributed by atoms with Crippen molar-refractivity contribution in [3.63, 3.8) is 0 Å². The van der Waals surface area contributed by atoms with Crippen LogP contribution in [0.2, 0.25) is 0 Å². The molecule has 31 heavy (non-hydrogen) atoms. The van der Waals surface area contributed by atoms with Crippen LogP contribution in [0.1, 0.15) is 47.4 Å². The molecule has 0 fully saturated rings. The van der Waals surface area contributed by atoms with E-state index in [0.717, 1.165) is 16.8 Å². The first kappa shape index (κ1) is 21.9. The number of nitriles is 1. The Morgan fingerprint density at radius 3 is 2.55 bits per heavy atom. The van der Waals surface area contributed by atoms with Crippen molar-refractivity contribution in [3.8, 4) is 6.07 Å². The molecule has 3 aromatic rings. The summed E-state index contributed by atoms with van der Waals surface area (Å²) in [5.41, 5.74) is 2.84. The van der Waals surface area contributed by atoms with Gasteiger partial charge in [-0.25, -0.2) is 0 Å². The zero-order valence-corrected chi connectivity index (χ0v) is 17.8. The molecule has 7 heteroatoms. The maximum Gasteiger partial charge on any atom is 0.313 e. The second kappa shape index (κ2) is 9.81. The van der Waals surface area contributed by atoms with Crippen LogP contribution in [0.15, 0.2) is 53.1 Å². The minimum absolute atomic E-state index is 0.364. The fraction of sp³-hybridized carbons (Fsp3) is 0.292. The van der Waals surface area contributed by atoms with Crippen LogP contribution in [0.5, 0.6) is 0 Å². The van der Waals surface area contributed by atoms with Gasteiger partial charge >= 0.3 is 5.97 Å². The summed E-state index contributed by atoms with van der Waals surface area (Å²) in [6.07, 6.45) is 2.13. The average molecular weight is 419 g/mol. The highest BCUT2D eigenvalue weighted by Crippen LogP contribution is 2.27. The van der Waals surface area contributed by atoms with Gasteiger partial charge in [-0.2, -0.15) is 5.26 Å². The number of carbonyl (C=O) groups is 2. The van der Waals surface area contributed by atoms with Crippen molar-refractivity contribution in [2.24, 2.45) is 0 Å². The maximum atomic E-state index is 12.6. The number of anilines is 1. The van der Waals surface area contributed by atoms with Gasteiger partial charge in [0.2, 0.25) is 0 Å². The summed E-state index contributed by atoms with van der Waals surface area (Å²) in [6, 6.07) is 15.1. The molecule has 7 nitrogen and oxygen atoms in total. The minimum atomic E-state index is -0.508. The normalized spacial score (nSPS) is 11.5. The van der Waals surface area contributed by atoms with Crippen LogP contribution < -0.4 is 5.32 Å². The third-order valence-electron chi connectivity index (χ3n) is 5.33. The van der Waals surface area contributed by atoms with E-state index < -0.39 is 24.4 Å². The highest BCUT2D eigenvalue weighted by atomic mass is 16.5. The summed E-state index contributed by atoms with van der Waals surface area (Å²) in [6.45, 7) is 5.53. The number of nitrogens with zero attached hydrogens (tertiary/aromatic N) is 2. The zero-order chi connectivity index (χ0) is 22.4. The van der Waals surface area contributed by atoms with Crippen LogP contribution in [0, 0.1) is 25.2 Å². The predicted octanol–water partition coefficient (Wildman–Crippen LogP) is 4.29. The molecule has 0 saturated heterocycles. The Bertz CT molecular complexity index is 1090. The molecule has 2 heterocycles. The van der Waals surface area contributed by atoms with E-state index in [1.165, 1.54) is 0 Å². The third-order valence-corrected chi connectivity index (χ3v) is 5.33. The Morgan fingerprint density at radius 1 is 1.19 bits per heavy atom. The van der Waals surface area contributed by atoms with Gasteiger partial charge in [0, 0.05) is 5.69 Å². The van der Waals surface area contributed by atoms with Gasteiger partial charge in [-0.1, -0.05) is 37.3 Å². The number of ether oxygens (including phenoxy) is 1. The summed E-state index contributed by atoms with van der Waals surface area (Å²) < 4.78 is 12.5. The molecular weight excluding hydrogens is 394 g/mol. The molecule has 1 atom stereocenters. The zero-order valence-electron chi connectivity index (χ0n) is 17.8. The summed E-state index contributed by atoms with van der Waals surface area (Å²) >= 11 is 0. The molecule has 0 aliphatic heterocycles. The molecular formula is C24H25N3O4. The van der Waals surface area contributed by atoms with Crippen molar-refractivity contribution >= 4 is 17.7 Å². The molecule has 0 aliphatic carbocycles. The topological polar surface area (TPSA) is 97.3 Å². The summed E-state index contributed by atoms with van der Waals surface area (Å²) in [5, 5.41) is 12.3. The van der Waals surface area contributed by atoms with E-state index in [-0.39, 0.29) is 0 Å². The Hall–Kier alpha value is -3.79. The number of hydrogen-bond acceptors (Lipinski definition) is 5. The van der Waals surface area contributed by atoms with E-state index in [1.807, 2.05) is 61.7 Å². The van der Waals surface area contributed by atoms with E-state index in [9.17, 15) is 14.9 Å². The van der Waals surface area contributed by atoms with Crippen LogP contribution in [-0.2, 0) is 20.9 Å². The Kier molecular flexibility index (Phi) is 6.93. The largest absolute Gasteiger partial charge is 0.467 e. The van der Waals surface area contributed by atoms with Gasteiger partial charge in [0.05, 0.1) is 24.3 Å². The number of benzene rings is 1. The molecule has 160 valence electrons. The van der Waals surface area contributed by atoms with E-state index in [2.05, 4.69) is 11.4 Å². The molecule has 0 unspecified atom stereocenters. The van der Waals surface area contributed by atoms with Crippen LogP contribution in [0.3, 0.4) is 0 Å². The molecule has 3 rings (SSSR count). The highest BCUT2D eigenvalue weighted by Gasteiger charge is 2.23. The number of nitrogens with one attached hydrogen (secondary N) is 1. The molecule has 0 radical (unpaired) electrons. The molecule has 1 N–H and O–H groups in total. The van der Waals surface area contributed by atoms with E-state index in [1.54, 1.807) is 12.3 Å². The van der Waals surface area contributed by atoms with Crippen LogP contribution in [-0.4, -0.2) is 23.1 Å². The van der Waals surface area contributed by atoms with Gasteiger partial charge in [0.15, 0.2) is 6.61 Å². The number of rotatable bonds is 8. The van der Waals surface area contributed by atoms with Crippen LogP contribution in [0.4, 0.5) is 5.82 Å². The molecule has 0 bridgehead atoms. The predicted molar refractivity (Wildman–Crippen MR) is 115 cm³/mol. The number of aromatic nitrogens is 1. The van der Waals surface area contributed by atoms with Crippen molar-refractivity contribution in [1.29, 1.82) is 5.26 Å². The van der Waals surface area contributed by atoms with Crippen molar-refractivity contribution in [3.05, 3.63) is 76.9 Å². The average Bonchev–Trinajstić information content (AvgIpc) is 3.36. The second-order valence-corrected chi connectivity index (χ2v) is 7.24. The van der Waals surface area contributed by atoms with E-state index >= 15 is 0 Å². The Morgan fingerprint density at radius 2 is 1.94 bits per heavy atom. The lowest BCUT2D eigenvalue weighted by Crippen LogP contribution is -2.25. The molecule has 0 aliphatic rings. The maximum absolute atomic E-state index is 12.6. The number of hydrogen-bond donors (Lipinski definition) is 1. The minimum Gasteiger partial charge on any atom is -0.467 e. The van der Waals surface area contributed by atoms with Gasteiger partial charge in [-0.3, -0.25) is 9.59 Å². The number of esters is 1. The van der Waals surface area contributed by atoms with Crippen molar-refractivity contribution < 1.29 is 18.7 Å². The molecule has 0 spiro atoms. The van der Waals surface area contributed by atoms with Crippen LogP contribution in [0.25, 0.3) is 0 Å². The van der Waals surface area contributed by atoms with Crippen molar-refractivity contribution in [2.75, 3.05) is 11.9 Å². The first-order valence-electron chi connectivity index (χ1n) is 10.1. The monoisotopic (exact) mass is 419 g/mol. The third kappa shape index (κ3) is 4.86. The fourth-order valence-electron chi connectivity index (χ4n) is 3.52. The van der Waals surface area contributed by atoms with Crippen molar-refractivity contribution in [2.45, 2.75) is 39.7 Å². The number of amides is 1. The second-order valence-electron chi connectivity index (χ2n) is 7.24. The molecule has 1 aromatic carbocycles. The highest BCUT2D eigenvalue weighted by molar-refractivity contribution is 5.94. The Balaban J connectivity index is 1.72. The SMILES string of the molecule is CC[C@H](C(=O)OCC(=O)Nc1c(C#N)c(C)c(C)n1Cc1ccco1)c1ccccc1. The first-order chi connectivity index (χ1) is 15.0. The van der Waals surface area contributed by atoms with Gasteiger partial charge in [0.25, 0.3) is 5.91 Å². The van der Waals surface area contributed by atoms with Gasteiger partial charge in [0.1, 0.15) is 17.6 Å². The molecule has 0 saturated carbocycles. The molecule has 1 amide bonds. The smallest absolute Gasteiger partial charge is 0.313 e. The van der Waals surface area contributed by atoms with Gasteiger partial charge in [-0.15, -0.1) is 0 Å². The quantitative estimate of drug-likeness (QED) is 0.549. The molecule has 2 aromatic heterocycles. The van der Waals surface area contributed by atoms with E-state index in [0.29, 0.717) is 30.1 Å². The van der Waals surface area contributed by atoms with E-state index in [4.69, 9.17) is 9.15 Å². The lowest BCUT2D eigenvalue weighted by molar-refractivity contribution is -0.149. The standard InChI is InChI=1S/C24H25N3O4/c1-4-20(18-9-6-5-7-10-18)24(29)31-15-22(28)26-23-21(13-25)16(2)17(3)27(23)14-19-11-8-12-30-19/h5-12,20H,4,14-15H2,1-3H3,(H,26,28)/t20-/m0/s1. The lowest BCUT2D eigenvalue weighted by atomic mass is 9.97. The Labute approximate surface area is 181 Å². The summed E-state index contributed by atoms with van der Waals surface area (Å²) in [4.78, 5) is 25.1. The van der Waals surface area contributed by atoms with Crippen molar-refractivity contribution in [1.82, 2.24) is 4.57 Å². The van der Waals surface area contributed by atoms with Gasteiger partial charge < -0.3 is 19.0 Å². The van der Waals surface area contributed by atoms with Gasteiger partial charge in [-0.05, 0) is 43.5 Å². The summed E-state index contributed by atoms with van der Waals surface area (Å²) in [7, 11) is 0. The first-order valence-corrected chi connectivity index (χ1v) is 10.1. The number of carbonyl (C=O) groups excluding carboxylic acids is 2. The lowest BCUT2D eigenvalue weighted by Gasteiger charge is -2.15. The number of furan rings is 1. The van der Waals surface area contributed by atoms with Crippen LogP contribution >= 0.6 is 0 Å². The summed E-state index contributed by atoms with van der Waals surface area (Å²) in [5.74, 6) is -0.340. The fourth-order valence-corrected chi connectivity index (χ4v) is 3.52.